The van der Waals surface area contributed by atoms with E-state index in [9.17, 15) is 18.0 Å². The van der Waals surface area contributed by atoms with E-state index in [1.165, 1.54) is 0 Å². The van der Waals surface area contributed by atoms with Crippen molar-refractivity contribution >= 4 is 17.5 Å². The van der Waals surface area contributed by atoms with Crippen molar-refractivity contribution in [2.75, 3.05) is 19.6 Å². The van der Waals surface area contributed by atoms with E-state index in [2.05, 4.69) is 10.1 Å². The van der Waals surface area contributed by atoms with Crippen LogP contribution in [-0.4, -0.2) is 60.1 Å². The number of piperidine rings is 1. The Balaban J connectivity index is 3.18. The van der Waals surface area contributed by atoms with Gasteiger partial charge in [-0.3, -0.25) is 4.74 Å². The average Bonchev–Trinajstić information content (AvgIpc) is 2.70. The molecule has 34 heavy (non-hydrogen) atoms. The molecular formula is C24H39F3N4O3. The van der Waals surface area contributed by atoms with Crippen LogP contribution in [0.15, 0.2) is 28.0 Å². The summed E-state index contributed by atoms with van der Waals surface area (Å²) in [6, 6.07) is 0. The number of carbonyl (C=O) groups excluding carboxylic acids is 1. The lowest BCUT2D eigenvalue weighted by Gasteiger charge is -2.35. The van der Waals surface area contributed by atoms with E-state index in [-0.39, 0.29) is 19.4 Å². The standard InChI is InChI=1S/C24H39F3N4O3/c1-8-18(9-2)14-20(17(4)28)21(30-16(3)15-29-22(32)34-23(5,6)7)31-12-10-19(11-13-31)33-24(25,26)27/h8,19,28H,9-15H2,1-7H3,(H,29,32)/b18-8-,21-20+,28-17?,30-16+. The third kappa shape index (κ3) is 11.2. The highest BCUT2D eigenvalue weighted by Gasteiger charge is 2.35. The number of allylic oxidation sites excluding steroid dienone is 3. The lowest BCUT2D eigenvalue weighted by atomic mass is 9.98. The molecule has 0 aromatic heterocycles. The van der Waals surface area contributed by atoms with Gasteiger partial charge in [-0.05, 0) is 67.2 Å². The third-order valence-corrected chi connectivity index (χ3v) is 5.21. The number of aliphatic imine (C=N–C) groups is 1. The summed E-state index contributed by atoms with van der Waals surface area (Å²) in [5, 5.41) is 11.0. The van der Waals surface area contributed by atoms with Crippen LogP contribution in [0.1, 0.15) is 74.1 Å². The zero-order valence-electron chi connectivity index (χ0n) is 21.4. The summed E-state index contributed by atoms with van der Waals surface area (Å²) in [5.41, 5.74) is 2.15. The summed E-state index contributed by atoms with van der Waals surface area (Å²) >= 11 is 0. The largest absolute Gasteiger partial charge is 0.522 e. The Morgan fingerprint density at radius 1 is 1.21 bits per heavy atom. The van der Waals surface area contributed by atoms with Crippen molar-refractivity contribution in [2.45, 2.75) is 92.2 Å². The molecule has 2 N–H and O–H groups in total. The first-order valence-electron chi connectivity index (χ1n) is 11.6. The van der Waals surface area contributed by atoms with E-state index in [0.717, 1.165) is 12.0 Å². The summed E-state index contributed by atoms with van der Waals surface area (Å²) in [5.74, 6) is 0.550. The van der Waals surface area contributed by atoms with Gasteiger partial charge in [0.1, 0.15) is 11.4 Å². The summed E-state index contributed by atoms with van der Waals surface area (Å²) in [6.45, 7) is 13.5. The number of carbonyl (C=O) groups is 1. The molecule has 0 spiro atoms. The maximum Gasteiger partial charge on any atom is 0.522 e. The molecule has 1 heterocycles. The molecule has 0 radical (unpaired) electrons. The summed E-state index contributed by atoms with van der Waals surface area (Å²) in [6.07, 6.45) is -2.40. The molecule has 0 saturated carbocycles. The Hall–Kier alpha value is -2.36. The van der Waals surface area contributed by atoms with Crippen LogP contribution in [0, 0.1) is 5.41 Å². The zero-order chi connectivity index (χ0) is 26.1. The Morgan fingerprint density at radius 2 is 1.79 bits per heavy atom. The van der Waals surface area contributed by atoms with Crippen molar-refractivity contribution in [2.24, 2.45) is 4.99 Å². The Kier molecular flexibility index (Phi) is 11.3. The average molecular weight is 489 g/mol. The number of rotatable bonds is 9. The van der Waals surface area contributed by atoms with Crippen LogP contribution in [0.2, 0.25) is 0 Å². The first kappa shape index (κ1) is 29.7. The van der Waals surface area contributed by atoms with Gasteiger partial charge in [0.2, 0.25) is 0 Å². The quantitative estimate of drug-likeness (QED) is 0.309. The van der Waals surface area contributed by atoms with Gasteiger partial charge in [-0.1, -0.05) is 18.6 Å². The number of hydrogen-bond donors (Lipinski definition) is 2. The SMILES string of the molecule is C/C=C(/CC)C/C(C(C)=N)=C(/N=C(\C)CNC(=O)OC(C)(C)C)N1CCC(OC(F)(F)F)CC1. The smallest absolute Gasteiger partial charge is 0.444 e. The van der Waals surface area contributed by atoms with E-state index in [4.69, 9.17) is 15.1 Å². The van der Waals surface area contributed by atoms with Crippen LogP contribution >= 0.6 is 0 Å². The summed E-state index contributed by atoms with van der Waals surface area (Å²) in [4.78, 5) is 18.6. The maximum absolute atomic E-state index is 12.6. The molecule has 194 valence electrons. The molecule has 1 fully saturated rings. The minimum Gasteiger partial charge on any atom is -0.444 e. The highest BCUT2D eigenvalue weighted by molar-refractivity contribution is 5.97. The molecule has 7 nitrogen and oxygen atoms in total. The zero-order valence-corrected chi connectivity index (χ0v) is 21.4. The monoisotopic (exact) mass is 488 g/mol. The van der Waals surface area contributed by atoms with Gasteiger partial charge in [0, 0.05) is 30.1 Å². The van der Waals surface area contributed by atoms with Gasteiger partial charge in [0.25, 0.3) is 0 Å². The Bertz CT molecular complexity index is 803. The number of likely N-dealkylation sites (tertiary alicyclic amines) is 1. The van der Waals surface area contributed by atoms with E-state index < -0.39 is 24.2 Å². The first-order chi connectivity index (χ1) is 15.6. The lowest BCUT2D eigenvalue weighted by Crippen LogP contribution is -2.39. The van der Waals surface area contributed by atoms with Crippen LogP contribution in [0.5, 0.6) is 0 Å². The van der Waals surface area contributed by atoms with E-state index in [1.54, 1.807) is 34.6 Å². The molecule has 0 aliphatic carbocycles. The van der Waals surface area contributed by atoms with Crippen molar-refractivity contribution in [1.82, 2.24) is 10.2 Å². The molecule has 1 aliphatic rings. The highest BCUT2D eigenvalue weighted by Crippen LogP contribution is 2.29. The predicted molar refractivity (Wildman–Crippen MR) is 128 cm³/mol. The second kappa shape index (κ2) is 12.9. The molecule has 1 saturated heterocycles. The number of nitrogens with zero attached hydrogens (tertiary/aromatic N) is 2. The van der Waals surface area contributed by atoms with Crippen molar-refractivity contribution < 1.29 is 27.4 Å². The van der Waals surface area contributed by atoms with Gasteiger partial charge < -0.3 is 20.4 Å². The number of alkyl halides is 3. The molecule has 1 rings (SSSR count). The molecule has 0 atom stereocenters. The third-order valence-electron chi connectivity index (χ3n) is 5.21. The molecule has 0 bridgehead atoms. The van der Waals surface area contributed by atoms with Gasteiger partial charge in [-0.2, -0.15) is 0 Å². The van der Waals surface area contributed by atoms with Gasteiger partial charge in [-0.25, -0.2) is 9.79 Å². The molecule has 1 amide bonds. The van der Waals surface area contributed by atoms with Crippen molar-refractivity contribution in [1.29, 1.82) is 5.41 Å². The minimum absolute atomic E-state index is 0.140. The first-order valence-corrected chi connectivity index (χ1v) is 11.6. The number of amides is 1. The topological polar surface area (TPSA) is 87.0 Å². The van der Waals surface area contributed by atoms with Gasteiger partial charge in [-0.15, -0.1) is 13.2 Å². The Morgan fingerprint density at radius 3 is 2.24 bits per heavy atom. The number of ether oxygens (including phenoxy) is 2. The fraction of sp³-hybridized carbons (Fsp3) is 0.708. The summed E-state index contributed by atoms with van der Waals surface area (Å²) < 4.78 is 47.4. The van der Waals surface area contributed by atoms with Crippen LogP contribution in [0.3, 0.4) is 0 Å². The van der Waals surface area contributed by atoms with Crippen LogP contribution in [0.25, 0.3) is 0 Å². The van der Waals surface area contributed by atoms with Gasteiger partial charge in [0.05, 0.1) is 12.6 Å². The van der Waals surface area contributed by atoms with Crippen molar-refractivity contribution in [3.8, 4) is 0 Å². The van der Waals surface area contributed by atoms with Crippen molar-refractivity contribution in [3.63, 3.8) is 0 Å². The predicted octanol–water partition coefficient (Wildman–Crippen LogP) is 5.97. The van der Waals surface area contributed by atoms with E-state index in [0.29, 0.717) is 42.3 Å². The molecule has 1 aliphatic heterocycles. The number of nitrogens with one attached hydrogen (secondary N) is 2. The van der Waals surface area contributed by atoms with E-state index in [1.807, 2.05) is 24.8 Å². The van der Waals surface area contributed by atoms with Crippen LogP contribution < -0.4 is 5.32 Å². The van der Waals surface area contributed by atoms with E-state index >= 15 is 0 Å². The van der Waals surface area contributed by atoms with Crippen molar-refractivity contribution in [3.05, 3.63) is 23.0 Å². The number of alkyl carbamates (subject to hydrolysis) is 1. The molecule has 0 unspecified atom stereocenters. The van der Waals surface area contributed by atoms with Crippen LogP contribution in [-0.2, 0) is 9.47 Å². The fourth-order valence-electron chi connectivity index (χ4n) is 3.48. The van der Waals surface area contributed by atoms with Crippen LogP contribution in [0.4, 0.5) is 18.0 Å². The highest BCUT2D eigenvalue weighted by atomic mass is 19.4. The molecule has 10 heteroatoms. The number of halogens is 3. The van der Waals surface area contributed by atoms with Gasteiger partial charge >= 0.3 is 12.5 Å². The maximum atomic E-state index is 12.6. The van der Waals surface area contributed by atoms with Gasteiger partial charge in [0.15, 0.2) is 0 Å². The second-order valence-electron chi connectivity index (χ2n) is 9.36. The fourth-order valence-corrected chi connectivity index (χ4v) is 3.48. The molecular weight excluding hydrogens is 449 g/mol. The lowest BCUT2D eigenvalue weighted by molar-refractivity contribution is -0.345. The normalized spacial score (nSPS) is 17.4. The minimum atomic E-state index is -4.66. The second-order valence-corrected chi connectivity index (χ2v) is 9.36. The number of hydrogen-bond acceptors (Lipinski definition) is 6. The molecule has 0 aromatic carbocycles. The molecule has 0 aromatic rings. The summed E-state index contributed by atoms with van der Waals surface area (Å²) in [7, 11) is 0. The Labute approximate surface area is 201 Å².